The summed E-state index contributed by atoms with van der Waals surface area (Å²) in [4.78, 5) is 15.3. The molecule has 4 nitrogen and oxygen atoms in total. The number of carbonyl (C=O) groups excluding carboxylic acids is 1. The third kappa shape index (κ3) is 4.47. The fourth-order valence-electron chi connectivity index (χ4n) is 3.90. The number of rotatable bonds is 6. The number of ether oxygens (including phenoxy) is 1. The minimum absolute atomic E-state index is 0.107. The van der Waals surface area contributed by atoms with Crippen LogP contribution in [0.15, 0.2) is 112 Å². The Kier molecular flexibility index (Phi) is 6.19. The molecule has 5 rings (SSSR count). The summed E-state index contributed by atoms with van der Waals surface area (Å²) >= 11 is 3.45. The van der Waals surface area contributed by atoms with E-state index in [9.17, 15) is 4.79 Å². The van der Waals surface area contributed by atoms with E-state index in [-0.39, 0.29) is 5.91 Å². The Balaban J connectivity index is 1.51. The summed E-state index contributed by atoms with van der Waals surface area (Å²) in [5, 5.41) is 0. The number of carbonyl (C=O) groups is 1. The van der Waals surface area contributed by atoms with Crippen molar-refractivity contribution < 1.29 is 13.9 Å². The Bertz CT molecular complexity index is 1370. The number of hydrogen-bond acceptors (Lipinski definition) is 3. The lowest BCUT2D eigenvalue weighted by Gasteiger charge is -2.21. The van der Waals surface area contributed by atoms with Crippen molar-refractivity contribution in [2.24, 2.45) is 0 Å². The van der Waals surface area contributed by atoms with E-state index >= 15 is 0 Å². The van der Waals surface area contributed by atoms with Crippen LogP contribution in [0.25, 0.3) is 23.1 Å². The zero-order valence-electron chi connectivity index (χ0n) is 18.6. The van der Waals surface area contributed by atoms with Crippen molar-refractivity contribution in [2.75, 3.05) is 11.5 Å². The molecule has 0 saturated carbocycles. The topological polar surface area (TPSA) is 42.7 Å². The molecule has 1 amide bonds. The molecule has 0 atom stereocenters. The second kappa shape index (κ2) is 9.57. The van der Waals surface area contributed by atoms with Gasteiger partial charge >= 0.3 is 0 Å². The first-order valence-corrected chi connectivity index (χ1v) is 11.8. The minimum atomic E-state index is -0.107. The van der Waals surface area contributed by atoms with Gasteiger partial charge in [0.2, 0.25) is 0 Å². The number of furan rings is 1. The summed E-state index contributed by atoms with van der Waals surface area (Å²) in [5.41, 5.74) is 4.09. The fraction of sp³-hybridized carbons (Fsp3) is 0.0690. The molecule has 4 aromatic rings. The number of halogens is 1. The smallest absolute Gasteiger partial charge is 0.263 e. The van der Waals surface area contributed by atoms with E-state index < -0.39 is 0 Å². The first-order chi connectivity index (χ1) is 16.6. The van der Waals surface area contributed by atoms with Crippen LogP contribution in [0.2, 0.25) is 0 Å². The highest BCUT2D eigenvalue weighted by Crippen LogP contribution is 2.36. The summed E-state index contributed by atoms with van der Waals surface area (Å²) in [6.07, 6.45) is 3.71. The lowest BCUT2D eigenvalue weighted by molar-refractivity contribution is -0.113. The van der Waals surface area contributed by atoms with E-state index in [2.05, 4.69) is 15.9 Å². The first kappa shape index (κ1) is 22.0. The molecule has 0 N–H and O–H groups in total. The largest absolute Gasteiger partial charge is 0.494 e. The predicted octanol–water partition coefficient (Wildman–Crippen LogP) is 7.58. The SMILES string of the molecule is CCOc1ccc(N2C(=O)/C(=C\c3ccc(-c4ccc(Br)cc4)o3)C=C2c2ccccc2)cc1. The molecule has 0 aliphatic carbocycles. The summed E-state index contributed by atoms with van der Waals surface area (Å²) in [6, 6.07) is 29.2. The average molecular weight is 512 g/mol. The van der Waals surface area contributed by atoms with E-state index in [1.165, 1.54) is 0 Å². The maximum Gasteiger partial charge on any atom is 0.263 e. The van der Waals surface area contributed by atoms with Gasteiger partial charge in [-0.3, -0.25) is 9.69 Å². The molecule has 0 spiro atoms. The molecule has 1 aliphatic rings. The van der Waals surface area contributed by atoms with Crippen LogP contribution in [-0.2, 0) is 4.79 Å². The van der Waals surface area contributed by atoms with Crippen molar-refractivity contribution in [2.45, 2.75) is 6.92 Å². The van der Waals surface area contributed by atoms with Crippen LogP contribution in [0.5, 0.6) is 5.75 Å². The predicted molar refractivity (Wildman–Crippen MR) is 139 cm³/mol. The molecular formula is C29H22BrNO3. The molecule has 1 aliphatic heterocycles. The number of amides is 1. The number of nitrogens with zero attached hydrogens (tertiary/aromatic N) is 1. The first-order valence-electron chi connectivity index (χ1n) is 11.0. The Morgan fingerprint density at radius 2 is 1.62 bits per heavy atom. The van der Waals surface area contributed by atoms with Crippen molar-refractivity contribution >= 4 is 39.3 Å². The molecule has 0 saturated heterocycles. The van der Waals surface area contributed by atoms with Crippen molar-refractivity contribution in [3.8, 4) is 17.1 Å². The molecule has 5 heteroatoms. The highest BCUT2D eigenvalue weighted by Gasteiger charge is 2.30. The van der Waals surface area contributed by atoms with Gasteiger partial charge in [-0.1, -0.05) is 58.4 Å². The van der Waals surface area contributed by atoms with Crippen LogP contribution in [-0.4, -0.2) is 12.5 Å². The molecular weight excluding hydrogens is 490 g/mol. The average Bonchev–Trinajstić information content (AvgIpc) is 3.46. The fourth-order valence-corrected chi connectivity index (χ4v) is 4.17. The van der Waals surface area contributed by atoms with Gasteiger partial charge in [-0.2, -0.15) is 0 Å². The minimum Gasteiger partial charge on any atom is -0.494 e. The quantitative estimate of drug-likeness (QED) is 0.250. The Labute approximate surface area is 206 Å². The van der Waals surface area contributed by atoms with E-state index in [4.69, 9.17) is 9.15 Å². The van der Waals surface area contributed by atoms with E-state index in [0.717, 1.165) is 38.5 Å². The van der Waals surface area contributed by atoms with Crippen LogP contribution in [0, 0.1) is 0 Å². The Morgan fingerprint density at radius 3 is 2.32 bits per heavy atom. The molecule has 0 bridgehead atoms. The molecule has 168 valence electrons. The second-order valence-electron chi connectivity index (χ2n) is 7.77. The van der Waals surface area contributed by atoms with Gasteiger partial charge in [-0.15, -0.1) is 0 Å². The van der Waals surface area contributed by atoms with E-state index in [0.29, 0.717) is 17.9 Å². The highest BCUT2D eigenvalue weighted by molar-refractivity contribution is 9.10. The number of benzene rings is 3. The molecule has 0 radical (unpaired) electrons. The maximum absolute atomic E-state index is 13.5. The highest BCUT2D eigenvalue weighted by atomic mass is 79.9. The Hall–Kier alpha value is -3.83. The van der Waals surface area contributed by atoms with Crippen LogP contribution in [0.4, 0.5) is 5.69 Å². The van der Waals surface area contributed by atoms with E-state index in [1.54, 1.807) is 11.0 Å². The normalized spacial score (nSPS) is 14.5. The van der Waals surface area contributed by atoms with Gasteiger partial charge in [-0.05, 0) is 73.2 Å². The lowest BCUT2D eigenvalue weighted by Crippen LogP contribution is -2.24. The van der Waals surface area contributed by atoms with Gasteiger partial charge in [0.1, 0.15) is 17.3 Å². The summed E-state index contributed by atoms with van der Waals surface area (Å²) in [6.45, 7) is 2.54. The zero-order chi connectivity index (χ0) is 23.5. The van der Waals surface area contributed by atoms with Gasteiger partial charge < -0.3 is 9.15 Å². The van der Waals surface area contributed by atoms with Crippen LogP contribution >= 0.6 is 15.9 Å². The zero-order valence-corrected chi connectivity index (χ0v) is 20.2. The van der Waals surface area contributed by atoms with Crippen molar-refractivity contribution in [1.29, 1.82) is 0 Å². The third-order valence-electron chi connectivity index (χ3n) is 5.51. The standard InChI is InChI=1S/C29H22BrNO3/c1-2-33-25-14-12-24(13-15-25)31-27(20-6-4-3-5-7-20)19-22(29(31)32)18-26-16-17-28(34-26)21-8-10-23(30)11-9-21/h3-19H,2H2,1H3/b22-18-. The third-order valence-corrected chi connectivity index (χ3v) is 6.04. The number of anilines is 1. The molecule has 2 heterocycles. The van der Waals surface area contributed by atoms with E-state index in [1.807, 2.05) is 104 Å². The molecule has 0 unspecified atom stereocenters. The van der Waals surface area contributed by atoms with Gasteiger partial charge in [0, 0.05) is 21.3 Å². The second-order valence-corrected chi connectivity index (χ2v) is 8.69. The molecule has 34 heavy (non-hydrogen) atoms. The van der Waals surface area contributed by atoms with Gasteiger partial charge in [0.05, 0.1) is 12.3 Å². The van der Waals surface area contributed by atoms with Crippen LogP contribution in [0.3, 0.4) is 0 Å². The van der Waals surface area contributed by atoms with Crippen molar-refractivity contribution in [3.63, 3.8) is 0 Å². The summed E-state index contributed by atoms with van der Waals surface area (Å²) in [7, 11) is 0. The summed E-state index contributed by atoms with van der Waals surface area (Å²) < 4.78 is 12.6. The van der Waals surface area contributed by atoms with Gasteiger partial charge in [-0.25, -0.2) is 0 Å². The van der Waals surface area contributed by atoms with Gasteiger partial charge in [0.15, 0.2) is 0 Å². The molecule has 1 aromatic heterocycles. The lowest BCUT2D eigenvalue weighted by atomic mass is 10.1. The van der Waals surface area contributed by atoms with Crippen LogP contribution in [0.1, 0.15) is 18.2 Å². The maximum atomic E-state index is 13.5. The summed E-state index contributed by atoms with van der Waals surface area (Å²) in [5.74, 6) is 2.04. The van der Waals surface area contributed by atoms with Crippen LogP contribution < -0.4 is 9.64 Å². The molecule has 3 aromatic carbocycles. The monoisotopic (exact) mass is 511 g/mol. The van der Waals surface area contributed by atoms with Crippen molar-refractivity contribution in [3.05, 3.63) is 118 Å². The molecule has 0 fully saturated rings. The Morgan fingerprint density at radius 1 is 0.882 bits per heavy atom. The van der Waals surface area contributed by atoms with Crippen molar-refractivity contribution in [1.82, 2.24) is 0 Å². The number of hydrogen-bond donors (Lipinski definition) is 0. The van der Waals surface area contributed by atoms with Gasteiger partial charge in [0.25, 0.3) is 5.91 Å².